The van der Waals surface area contributed by atoms with Crippen molar-refractivity contribution in [3.8, 4) is 22.5 Å². The number of aromatic nitrogens is 4. The molecule has 3 atom stereocenters. The maximum atomic E-state index is 17.1. The maximum absolute atomic E-state index is 17.1. The molecule has 2 aromatic heterocycles. The Hall–Kier alpha value is -4.47. The molecule has 51 heavy (non-hydrogen) atoms. The number of phosphoric acid groups is 1. The summed E-state index contributed by atoms with van der Waals surface area (Å²) in [6.45, 7) is 9.47. The van der Waals surface area contributed by atoms with Crippen molar-refractivity contribution in [1.82, 2.24) is 29.3 Å². The molecule has 0 saturated carbocycles. The van der Waals surface area contributed by atoms with Gasteiger partial charge in [0.25, 0.3) is 0 Å². The summed E-state index contributed by atoms with van der Waals surface area (Å²) in [5.74, 6) is -2.75. The monoisotopic (exact) mass is 727 g/mol. The number of likely N-dealkylation sites (tertiary alicyclic amines) is 1. The molecule has 0 aliphatic carbocycles. The van der Waals surface area contributed by atoms with Gasteiger partial charge in [0, 0.05) is 69.5 Å². The fourth-order valence-corrected chi connectivity index (χ4v) is 8.10. The first-order valence-electron chi connectivity index (χ1n) is 16.2. The number of phosphoric ester groups is 1. The van der Waals surface area contributed by atoms with Crippen molar-refractivity contribution >= 4 is 36.2 Å². The highest BCUT2D eigenvalue weighted by atomic mass is 31.2. The van der Waals surface area contributed by atoms with E-state index in [1.807, 2.05) is 7.05 Å². The summed E-state index contributed by atoms with van der Waals surface area (Å²) < 4.78 is 57.6. The fraction of sp³-hybridized carbons (Fsp3) is 0.412. The zero-order valence-electron chi connectivity index (χ0n) is 29.1. The van der Waals surface area contributed by atoms with E-state index in [-0.39, 0.29) is 45.8 Å². The van der Waals surface area contributed by atoms with E-state index in [2.05, 4.69) is 31.7 Å². The topological polar surface area (TPSA) is 164 Å². The number of pyridine rings is 3. The second-order valence-electron chi connectivity index (χ2n) is 13.9. The molecule has 4 aliphatic rings. The van der Waals surface area contributed by atoms with E-state index < -0.39 is 48.8 Å². The van der Waals surface area contributed by atoms with E-state index in [4.69, 9.17) is 9.05 Å². The molecule has 6 rings (SSSR count). The Balaban J connectivity index is 1.67. The number of hydrogen-bond donors (Lipinski definition) is 3. The Kier molecular flexibility index (Phi) is 9.44. The molecule has 17 heteroatoms. The number of fused-ring (bicyclic) bond motifs is 3. The van der Waals surface area contributed by atoms with Crippen LogP contribution in [-0.4, -0.2) is 85.3 Å². The summed E-state index contributed by atoms with van der Waals surface area (Å²) in [5, 5.41) is 12.5. The van der Waals surface area contributed by atoms with Gasteiger partial charge in [0.05, 0.1) is 27.9 Å². The molecule has 272 valence electrons. The van der Waals surface area contributed by atoms with Gasteiger partial charge in [-0.25, -0.2) is 28.1 Å². The molecule has 4 aliphatic heterocycles. The number of likely N-dealkylation sites (N-methyl/N-ethyl adjacent to an activating group) is 1. The molecule has 2 saturated heterocycles. The number of halogens is 2. The Bertz CT molecular complexity index is 2180. The standard InChI is InChI=1S/C34H40F2N7O7P/c1-18(35)10-24(37-5)28-27(36)26-29(43-9-8-19-13-40(6)16-25(19)43)22(15-42(32(26)39-28)17-49-51(47,48)50-34(2,3)4)20-11-21-30(44)23(33(45)46)14-41(7)31(21)38-12-20/h10-12,14-15,19,25,37H,1,8-9,13,16-17H2,2-7H3,(H,45,46)(H,47,48)/b24-10+. The van der Waals surface area contributed by atoms with Crippen molar-refractivity contribution in [3.63, 3.8) is 0 Å². The van der Waals surface area contributed by atoms with Crippen molar-refractivity contribution in [1.29, 1.82) is 0 Å². The Morgan fingerprint density at radius 3 is 2.63 bits per heavy atom. The Morgan fingerprint density at radius 1 is 1.25 bits per heavy atom. The number of carboxylic acid groups (broad SMARTS) is 1. The van der Waals surface area contributed by atoms with Gasteiger partial charge in [-0.15, -0.1) is 0 Å². The Labute approximate surface area is 292 Å². The van der Waals surface area contributed by atoms with E-state index in [1.165, 1.54) is 34.6 Å². The van der Waals surface area contributed by atoms with Crippen LogP contribution in [0.2, 0.25) is 0 Å². The molecule has 2 fully saturated rings. The van der Waals surface area contributed by atoms with Gasteiger partial charge in [0.1, 0.15) is 35.3 Å². The molecule has 2 aromatic rings. The minimum atomic E-state index is -4.66. The van der Waals surface area contributed by atoms with Crippen LogP contribution in [0.25, 0.3) is 39.2 Å². The molecule has 0 aromatic carbocycles. The predicted octanol–water partition coefficient (Wildman–Crippen LogP) is 4.81. The average molecular weight is 728 g/mol. The maximum Gasteiger partial charge on any atom is 0.474 e. The van der Waals surface area contributed by atoms with Gasteiger partial charge >= 0.3 is 13.8 Å². The number of carbonyl (C=O) groups is 1. The average Bonchev–Trinajstić information content (AvgIpc) is 3.70. The van der Waals surface area contributed by atoms with Crippen molar-refractivity contribution < 1.29 is 37.2 Å². The number of nitrogens with zero attached hydrogens (tertiary/aromatic N) is 6. The number of rotatable bonds is 10. The van der Waals surface area contributed by atoms with Crippen LogP contribution < -0.4 is 15.6 Å². The van der Waals surface area contributed by atoms with Crippen LogP contribution in [0, 0.1) is 11.7 Å². The van der Waals surface area contributed by atoms with E-state index >= 15 is 4.39 Å². The molecule has 14 nitrogen and oxygen atoms in total. The molecule has 6 heterocycles. The second kappa shape index (κ2) is 13.3. The number of aromatic carboxylic acids is 1. The van der Waals surface area contributed by atoms with Crippen LogP contribution in [0.5, 0.6) is 0 Å². The van der Waals surface area contributed by atoms with Crippen LogP contribution in [0.4, 0.5) is 14.5 Å². The smallest absolute Gasteiger partial charge is 0.474 e. The molecular weight excluding hydrogens is 687 g/mol. The van der Waals surface area contributed by atoms with Gasteiger partial charge in [0.2, 0.25) is 5.43 Å². The summed E-state index contributed by atoms with van der Waals surface area (Å²) in [4.78, 5) is 49.3. The van der Waals surface area contributed by atoms with Crippen LogP contribution in [0.15, 0.2) is 47.9 Å². The third kappa shape index (κ3) is 6.94. The Morgan fingerprint density at radius 2 is 1.98 bits per heavy atom. The summed E-state index contributed by atoms with van der Waals surface area (Å²) in [5.41, 5.74) is -1.11. The van der Waals surface area contributed by atoms with Gasteiger partial charge in [-0.3, -0.25) is 13.8 Å². The van der Waals surface area contributed by atoms with Gasteiger partial charge < -0.3 is 34.3 Å². The zero-order valence-corrected chi connectivity index (χ0v) is 30.0. The summed E-state index contributed by atoms with van der Waals surface area (Å²) >= 11 is 0. The largest absolute Gasteiger partial charge is 0.477 e. The minimum Gasteiger partial charge on any atom is -0.477 e. The first kappa shape index (κ1) is 36.3. The predicted molar refractivity (Wildman–Crippen MR) is 188 cm³/mol. The zero-order chi connectivity index (χ0) is 37.2. The van der Waals surface area contributed by atoms with Gasteiger partial charge in [-0.1, -0.05) is 6.58 Å². The molecule has 3 N–H and O–H groups in total. The number of hydrogen-bond acceptors (Lipinski definition) is 10. The lowest BCUT2D eigenvalue weighted by Gasteiger charge is -2.32. The third-order valence-electron chi connectivity index (χ3n) is 9.06. The molecular formula is C34H40F2N7O7P. The normalized spacial score (nSPS) is 19.5. The van der Waals surface area contributed by atoms with Crippen LogP contribution in [-0.2, 0) is 27.4 Å². The highest BCUT2D eigenvalue weighted by Gasteiger charge is 2.43. The fourth-order valence-electron chi connectivity index (χ4n) is 7.08. The summed E-state index contributed by atoms with van der Waals surface area (Å²) in [6, 6.07) is 1.48. The lowest BCUT2D eigenvalue weighted by atomic mass is 9.98. The van der Waals surface area contributed by atoms with Crippen molar-refractivity contribution in [3.05, 3.63) is 70.4 Å². The number of carboxylic acids is 1. The highest BCUT2D eigenvalue weighted by Crippen LogP contribution is 2.50. The number of nitrogens with one attached hydrogen (secondary N) is 1. The quantitative estimate of drug-likeness (QED) is 0.151. The SMILES string of the molecule is C=C(F)/C=C(/NC)c1nc2n(COP(=O)(O)OC(C)(C)C)cc(-c3cnc4c(c3)c(=O)c(C(=O)O)cn4C)c(N3CCC4CN(C)CC43)c-2c1F. The highest BCUT2D eigenvalue weighted by molar-refractivity contribution is 7.47. The number of anilines is 1. The van der Waals surface area contributed by atoms with Gasteiger partial charge in [-0.2, -0.15) is 0 Å². The van der Waals surface area contributed by atoms with E-state index in [0.717, 1.165) is 19.0 Å². The van der Waals surface area contributed by atoms with E-state index in [1.54, 1.807) is 34.0 Å². The third-order valence-corrected chi connectivity index (χ3v) is 10.3. The first-order valence-corrected chi connectivity index (χ1v) is 17.7. The summed E-state index contributed by atoms with van der Waals surface area (Å²) in [7, 11) is 0.401. The molecule has 0 spiro atoms. The lowest BCUT2D eigenvalue weighted by Crippen LogP contribution is -2.35. The molecule has 0 radical (unpaired) electrons. The van der Waals surface area contributed by atoms with Gasteiger partial charge in [-0.05, 0) is 52.3 Å². The van der Waals surface area contributed by atoms with E-state index in [9.17, 15) is 28.5 Å². The second-order valence-corrected chi connectivity index (χ2v) is 15.3. The molecule has 0 bridgehead atoms. The number of aryl methyl sites for hydroxylation is 1. The molecule has 0 amide bonds. The van der Waals surface area contributed by atoms with E-state index in [0.29, 0.717) is 29.9 Å². The van der Waals surface area contributed by atoms with Crippen molar-refractivity contribution in [2.24, 2.45) is 13.0 Å². The van der Waals surface area contributed by atoms with Crippen molar-refractivity contribution in [2.75, 3.05) is 38.6 Å². The first-order chi connectivity index (χ1) is 23.9. The number of allylic oxidation sites excluding steroid dienone is 2. The van der Waals surface area contributed by atoms with Gasteiger partial charge in [0.15, 0.2) is 5.82 Å². The van der Waals surface area contributed by atoms with Crippen LogP contribution in [0.3, 0.4) is 0 Å². The summed E-state index contributed by atoms with van der Waals surface area (Å²) in [6.07, 6.45) is 6.07. The van der Waals surface area contributed by atoms with Crippen LogP contribution in [0.1, 0.15) is 43.2 Å². The van der Waals surface area contributed by atoms with Crippen LogP contribution >= 0.6 is 7.82 Å². The van der Waals surface area contributed by atoms with Crippen molar-refractivity contribution in [2.45, 2.75) is 45.6 Å². The minimum absolute atomic E-state index is 0.00275. The lowest BCUT2D eigenvalue weighted by molar-refractivity contribution is 0.0486. The molecule has 3 unspecified atom stereocenters.